The molecule has 0 atom stereocenters. The molecule has 0 aromatic heterocycles. The normalized spacial score (nSPS) is 11.4. The summed E-state index contributed by atoms with van der Waals surface area (Å²) >= 11 is 0. The lowest BCUT2D eigenvalue weighted by molar-refractivity contribution is 0.0697. The standard InChI is InChI=1S/C14H22N2O6S/c1-21-8-3-6-16-23(19,20)11-4-5-13(15-7-9-22-2)12(10-11)14(17)18/h4-5,10,15-16H,3,6-9H2,1-2H3,(H,17,18). The number of benzene rings is 1. The average molecular weight is 346 g/mol. The number of sulfonamides is 1. The molecule has 0 unspecified atom stereocenters. The van der Waals surface area contributed by atoms with Crippen LogP contribution in [0, 0.1) is 0 Å². The van der Waals surface area contributed by atoms with Gasteiger partial charge >= 0.3 is 5.97 Å². The lowest BCUT2D eigenvalue weighted by Gasteiger charge is -2.12. The van der Waals surface area contributed by atoms with E-state index in [0.717, 1.165) is 6.07 Å². The quantitative estimate of drug-likeness (QED) is 0.507. The zero-order chi connectivity index (χ0) is 17.3. The fourth-order valence-electron chi connectivity index (χ4n) is 1.82. The molecule has 1 aromatic rings. The van der Waals surface area contributed by atoms with Gasteiger partial charge in [-0.2, -0.15) is 0 Å². The molecule has 8 nitrogen and oxygen atoms in total. The van der Waals surface area contributed by atoms with Gasteiger partial charge in [-0.05, 0) is 24.6 Å². The van der Waals surface area contributed by atoms with Crippen molar-refractivity contribution in [1.29, 1.82) is 0 Å². The molecule has 130 valence electrons. The van der Waals surface area contributed by atoms with Gasteiger partial charge < -0.3 is 19.9 Å². The molecular weight excluding hydrogens is 324 g/mol. The Labute approximate surface area is 135 Å². The van der Waals surface area contributed by atoms with Crippen molar-refractivity contribution >= 4 is 21.7 Å². The first-order valence-corrected chi connectivity index (χ1v) is 8.49. The van der Waals surface area contributed by atoms with Crippen LogP contribution in [-0.2, 0) is 19.5 Å². The fraction of sp³-hybridized carbons (Fsp3) is 0.500. The minimum atomic E-state index is -3.76. The van der Waals surface area contributed by atoms with E-state index in [1.807, 2.05) is 0 Å². The van der Waals surface area contributed by atoms with E-state index in [4.69, 9.17) is 9.47 Å². The first kappa shape index (κ1) is 19.4. The number of carboxylic acids is 1. The van der Waals surface area contributed by atoms with Crippen LogP contribution in [0.2, 0.25) is 0 Å². The van der Waals surface area contributed by atoms with Crippen molar-refractivity contribution in [3.05, 3.63) is 23.8 Å². The highest BCUT2D eigenvalue weighted by atomic mass is 32.2. The number of anilines is 1. The van der Waals surface area contributed by atoms with Crippen LogP contribution in [0.4, 0.5) is 5.69 Å². The van der Waals surface area contributed by atoms with Gasteiger partial charge in [-0.25, -0.2) is 17.9 Å². The van der Waals surface area contributed by atoms with Gasteiger partial charge in [0.1, 0.15) is 0 Å². The summed E-state index contributed by atoms with van der Waals surface area (Å²) in [6.45, 7) is 1.47. The number of carbonyl (C=O) groups is 1. The molecule has 0 saturated carbocycles. The molecule has 0 aliphatic rings. The van der Waals surface area contributed by atoms with Gasteiger partial charge in [-0.1, -0.05) is 0 Å². The van der Waals surface area contributed by atoms with E-state index >= 15 is 0 Å². The molecule has 0 saturated heterocycles. The lowest BCUT2D eigenvalue weighted by Crippen LogP contribution is -2.26. The largest absolute Gasteiger partial charge is 0.478 e. The topological polar surface area (TPSA) is 114 Å². The van der Waals surface area contributed by atoms with Crippen molar-refractivity contribution < 1.29 is 27.8 Å². The number of hydrogen-bond donors (Lipinski definition) is 3. The highest BCUT2D eigenvalue weighted by molar-refractivity contribution is 7.89. The van der Waals surface area contributed by atoms with Gasteiger partial charge in [0.2, 0.25) is 10.0 Å². The van der Waals surface area contributed by atoms with Crippen LogP contribution in [0.5, 0.6) is 0 Å². The number of carboxylic acid groups (broad SMARTS) is 1. The van der Waals surface area contributed by atoms with Crippen LogP contribution < -0.4 is 10.0 Å². The molecule has 1 aromatic carbocycles. The summed E-state index contributed by atoms with van der Waals surface area (Å²) in [5, 5.41) is 12.2. The molecule has 0 fully saturated rings. The highest BCUT2D eigenvalue weighted by Crippen LogP contribution is 2.20. The maximum Gasteiger partial charge on any atom is 0.337 e. The molecule has 3 N–H and O–H groups in total. The van der Waals surface area contributed by atoms with Crippen LogP contribution in [0.25, 0.3) is 0 Å². The van der Waals surface area contributed by atoms with Gasteiger partial charge in [-0.3, -0.25) is 0 Å². The van der Waals surface area contributed by atoms with Crippen LogP contribution in [0.3, 0.4) is 0 Å². The molecule has 0 amide bonds. The van der Waals surface area contributed by atoms with E-state index in [1.165, 1.54) is 26.4 Å². The van der Waals surface area contributed by atoms with E-state index in [1.54, 1.807) is 0 Å². The SMILES string of the molecule is COCCCNS(=O)(=O)c1ccc(NCCOC)c(C(=O)O)c1. The average Bonchev–Trinajstić information content (AvgIpc) is 2.52. The van der Waals surface area contributed by atoms with E-state index in [-0.39, 0.29) is 17.0 Å². The van der Waals surface area contributed by atoms with E-state index < -0.39 is 16.0 Å². The second-order valence-corrected chi connectivity index (χ2v) is 6.44. The second-order valence-electron chi connectivity index (χ2n) is 4.68. The van der Waals surface area contributed by atoms with Crippen LogP contribution in [0.1, 0.15) is 16.8 Å². The van der Waals surface area contributed by atoms with Crippen molar-refractivity contribution in [3.63, 3.8) is 0 Å². The molecule has 0 spiro atoms. The Hall–Kier alpha value is -1.68. The Balaban J connectivity index is 2.91. The maximum absolute atomic E-state index is 12.2. The van der Waals surface area contributed by atoms with Crippen molar-refractivity contribution in [3.8, 4) is 0 Å². The fourth-order valence-corrected chi connectivity index (χ4v) is 2.92. The number of rotatable bonds is 11. The molecule has 0 radical (unpaired) electrons. The van der Waals surface area contributed by atoms with Crippen molar-refractivity contribution in [2.75, 3.05) is 45.8 Å². The summed E-state index contributed by atoms with van der Waals surface area (Å²) in [7, 11) is -0.697. The first-order chi connectivity index (χ1) is 10.9. The smallest absolute Gasteiger partial charge is 0.337 e. The second kappa shape index (κ2) is 9.46. The van der Waals surface area contributed by atoms with E-state index in [9.17, 15) is 18.3 Å². The predicted molar refractivity (Wildman–Crippen MR) is 85.4 cm³/mol. The number of nitrogens with one attached hydrogen (secondary N) is 2. The summed E-state index contributed by atoms with van der Waals surface area (Å²) in [6, 6.07) is 3.93. The zero-order valence-corrected chi connectivity index (χ0v) is 14.0. The summed E-state index contributed by atoms with van der Waals surface area (Å²) in [4.78, 5) is 11.2. The summed E-state index contributed by atoms with van der Waals surface area (Å²) < 4.78 is 36.4. The molecule has 0 aliphatic heterocycles. The van der Waals surface area contributed by atoms with Crippen molar-refractivity contribution in [2.24, 2.45) is 0 Å². The Kier molecular flexibility index (Phi) is 7.96. The van der Waals surface area contributed by atoms with Gasteiger partial charge in [0.15, 0.2) is 0 Å². The molecule has 23 heavy (non-hydrogen) atoms. The van der Waals surface area contributed by atoms with Crippen LogP contribution >= 0.6 is 0 Å². The van der Waals surface area contributed by atoms with E-state index in [2.05, 4.69) is 10.0 Å². The summed E-state index contributed by atoms with van der Waals surface area (Å²) in [5.74, 6) is -1.21. The molecule has 0 aliphatic carbocycles. The zero-order valence-electron chi connectivity index (χ0n) is 13.2. The number of ether oxygens (including phenoxy) is 2. The van der Waals surface area contributed by atoms with Crippen LogP contribution in [0.15, 0.2) is 23.1 Å². The van der Waals surface area contributed by atoms with Gasteiger partial charge in [0.05, 0.1) is 17.1 Å². The predicted octanol–water partition coefficient (Wildman–Crippen LogP) is 0.758. The van der Waals surface area contributed by atoms with Crippen LogP contribution in [-0.4, -0.2) is 60.0 Å². The van der Waals surface area contributed by atoms with E-state index in [0.29, 0.717) is 31.9 Å². The Morgan fingerprint density at radius 3 is 2.48 bits per heavy atom. The third-order valence-corrected chi connectivity index (χ3v) is 4.43. The lowest BCUT2D eigenvalue weighted by atomic mass is 10.2. The third-order valence-electron chi connectivity index (χ3n) is 2.97. The Morgan fingerprint density at radius 1 is 1.17 bits per heavy atom. The van der Waals surface area contributed by atoms with Gasteiger partial charge in [-0.15, -0.1) is 0 Å². The molecule has 0 heterocycles. The maximum atomic E-state index is 12.2. The first-order valence-electron chi connectivity index (χ1n) is 7.01. The molecular formula is C14H22N2O6S. The Morgan fingerprint density at radius 2 is 1.87 bits per heavy atom. The Bertz CT molecular complexity index is 618. The number of methoxy groups -OCH3 is 2. The number of hydrogen-bond acceptors (Lipinski definition) is 6. The highest BCUT2D eigenvalue weighted by Gasteiger charge is 2.18. The minimum absolute atomic E-state index is 0.0930. The monoisotopic (exact) mass is 346 g/mol. The molecule has 9 heteroatoms. The minimum Gasteiger partial charge on any atom is -0.478 e. The van der Waals surface area contributed by atoms with Crippen molar-refractivity contribution in [2.45, 2.75) is 11.3 Å². The van der Waals surface area contributed by atoms with Gasteiger partial charge in [0, 0.05) is 39.6 Å². The summed E-state index contributed by atoms with van der Waals surface area (Å²) in [6.07, 6.45) is 0.526. The third kappa shape index (κ3) is 6.14. The summed E-state index contributed by atoms with van der Waals surface area (Å²) in [5.41, 5.74) is 0.230. The number of aromatic carboxylic acids is 1. The molecule has 0 bridgehead atoms. The molecule has 1 rings (SSSR count). The van der Waals surface area contributed by atoms with Gasteiger partial charge in [0.25, 0.3) is 0 Å². The van der Waals surface area contributed by atoms with Crippen molar-refractivity contribution in [1.82, 2.24) is 4.72 Å².